The number of nitrogens with zero attached hydrogens (tertiary/aromatic N) is 2. The molecule has 0 atom stereocenters. The highest BCUT2D eigenvalue weighted by atomic mass is 32.1. The Morgan fingerprint density at radius 2 is 0.911 bits per heavy atom. The molecule has 0 unspecified atom stereocenters. The summed E-state index contributed by atoms with van der Waals surface area (Å²) in [5.74, 6) is 0.703. The zero-order valence-corrected chi connectivity index (χ0v) is 31.2. The predicted octanol–water partition coefficient (Wildman–Crippen LogP) is 13.9. The molecule has 2 nitrogen and oxygen atoms in total. The van der Waals surface area contributed by atoms with E-state index in [1.54, 1.807) is 0 Å². The lowest BCUT2D eigenvalue weighted by Crippen LogP contribution is -2.28. The summed E-state index contributed by atoms with van der Waals surface area (Å²) in [5.41, 5.74) is 14.3. The Balaban J connectivity index is 1.13. The van der Waals surface area contributed by atoms with E-state index in [1.165, 1.54) is 59.1 Å². The molecule has 8 aromatic carbocycles. The van der Waals surface area contributed by atoms with Crippen molar-refractivity contribution in [3.63, 3.8) is 0 Å². The van der Waals surface area contributed by atoms with Crippen LogP contribution >= 0.6 is 11.3 Å². The van der Waals surface area contributed by atoms with E-state index >= 15 is 0 Å². The van der Waals surface area contributed by atoms with Gasteiger partial charge in [0.15, 0.2) is 5.82 Å². The minimum absolute atomic E-state index is 0.500. The molecule has 0 bridgehead atoms. The third kappa shape index (κ3) is 5.09. The van der Waals surface area contributed by atoms with Gasteiger partial charge in [-0.05, 0) is 68.8 Å². The molecule has 1 aliphatic carbocycles. The summed E-state index contributed by atoms with van der Waals surface area (Å²) >= 11 is 1.85. The molecule has 0 saturated carbocycles. The number of aromatic nitrogens is 2. The number of hydrogen-bond donors (Lipinski definition) is 0. The van der Waals surface area contributed by atoms with Crippen molar-refractivity contribution in [1.82, 2.24) is 9.97 Å². The van der Waals surface area contributed by atoms with Gasteiger partial charge in [0.2, 0.25) is 0 Å². The Kier molecular flexibility index (Phi) is 7.61. The van der Waals surface area contributed by atoms with Crippen molar-refractivity contribution >= 4 is 31.5 Å². The van der Waals surface area contributed by atoms with Crippen LogP contribution in [0.4, 0.5) is 0 Å². The number of rotatable bonds is 6. The molecule has 0 saturated heterocycles. The van der Waals surface area contributed by atoms with Gasteiger partial charge in [0.1, 0.15) is 0 Å². The van der Waals surface area contributed by atoms with Gasteiger partial charge in [0.25, 0.3) is 0 Å². The van der Waals surface area contributed by atoms with Crippen LogP contribution in [0.1, 0.15) is 22.3 Å². The Bertz CT molecular complexity index is 3040. The molecule has 10 aromatic rings. The maximum Gasteiger partial charge on any atom is 0.160 e. The van der Waals surface area contributed by atoms with Crippen LogP contribution in [-0.2, 0) is 5.41 Å². The second kappa shape index (κ2) is 13.1. The maximum absolute atomic E-state index is 5.33. The summed E-state index contributed by atoms with van der Waals surface area (Å²) in [6.07, 6.45) is 0. The van der Waals surface area contributed by atoms with E-state index < -0.39 is 5.41 Å². The van der Waals surface area contributed by atoms with Crippen molar-refractivity contribution in [3.8, 4) is 56.2 Å². The number of benzene rings is 8. The lowest BCUT2D eigenvalue weighted by Gasteiger charge is -2.34. The van der Waals surface area contributed by atoms with Crippen LogP contribution in [0.3, 0.4) is 0 Å². The van der Waals surface area contributed by atoms with E-state index in [2.05, 4.69) is 200 Å². The average Bonchev–Trinajstić information content (AvgIpc) is 3.80. The minimum atomic E-state index is -0.500. The first-order valence-electron chi connectivity index (χ1n) is 19.1. The first-order chi connectivity index (χ1) is 27.8. The first-order valence-corrected chi connectivity index (χ1v) is 19.9. The fraction of sp³-hybridized carbons (Fsp3) is 0.0189. The lowest BCUT2D eigenvalue weighted by molar-refractivity contribution is 0.768. The van der Waals surface area contributed by atoms with Crippen molar-refractivity contribution < 1.29 is 0 Å². The summed E-state index contributed by atoms with van der Waals surface area (Å²) in [6, 6.07) is 74.5. The molecule has 0 fully saturated rings. The fourth-order valence-electron chi connectivity index (χ4n) is 8.90. The van der Waals surface area contributed by atoms with Crippen LogP contribution in [0.15, 0.2) is 206 Å². The van der Waals surface area contributed by atoms with E-state index in [0.717, 1.165) is 33.6 Å². The number of fused-ring (bicyclic) bond motifs is 6. The second-order valence-corrected chi connectivity index (χ2v) is 15.6. The molecule has 0 radical (unpaired) electrons. The largest absolute Gasteiger partial charge is 0.228 e. The van der Waals surface area contributed by atoms with Gasteiger partial charge in [-0.15, -0.1) is 11.3 Å². The summed E-state index contributed by atoms with van der Waals surface area (Å²) < 4.78 is 2.59. The quantitative estimate of drug-likeness (QED) is 0.170. The van der Waals surface area contributed by atoms with Gasteiger partial charge in [-0.3, -0.25) is 0 Å². The maximum atomic E-state index is 5.33. The molecule has 0 amide bonds. The monoisotopic (exact) mass is 730 g/mol. The summed E-state index contributed by atoms with van der Waals surface area (Å²) in [7, 11) is 0. The standard InChI is InChI=1S/C53H34N2S/c1-4-16-35(17-5-1)52-54-48(34-49(55-52)43-24-11-10-22-40(43)36-28-31-45-44-25-13-15-27-50(44)56-51(45)33-36)37-29-30-42-41-23-12-14-26-46(41)53(47(42)32-37,38-18-6-2-7-19-38)39-20-8-3-9-21-39/h1-34H. The van der Waals surface area contributed by atoms with Crippen molar-refractivity contribution in [2.75, 3.05) is 0 Å². The molecule has 262 valence electrons. The zero-order chi connectivity index (χ0) is 37.1. The molecule has 56 heavy (non-hydrogen) atoms. The van der Waals surface area contributed by atoms with Crippen molar-refractivity contribution in [1.29, 1.82) is 0 Å². The van der Waals surface area contributed by atoms with Crippen molar-refractivity contribution in [3.05, 3.63) is 229 Å². The van der Waals surface area contributed by atoms with Gasteiger partial charge < -0.3 is 0 Å². The molecule has 2 aromatic heterocycles. The van der Waals surface area contributed by atoms with Crippen LogP contribution in [0, 0.1) is 0 Å². The second-order valence-electron chi connectivity index (χ2n) is 14.5. The predicted molar refractivity (Wildman–Crippen MR) is 234 cm³/mol. The SMILES string of the molecule is c1ccc(-c2nc(-c3ccc4c(c3)C(c3ccccc3)(c3ccccc3)c3ccccc3-4)cc(-c3ccccc3-c3ccc4c(c3)sc3ccccc34)n2)cc1. The molecular formula is C53H34N2S. The normalized spacial score (nSPS) is 12.8. The zero-order valence-electron chi connectivity index (χ0n) is 30.4. The summed E-state index contributed by atoms with van der Waals surface area (Å²) in [6.45, 7) is 0. The topological polar surface area (TPSA) is 25.8 Å². The van der Waals surface area contributed by atoms with Crippen molar-refractivity contribution in [2.45, 2.75) is 5.41 Å². The molecule has 2 heterocycles. The van der Waals surface area contributed by atoms with E-state index in [0.29, 0.717) is 5.82 Å². The molecule has 1 aliphatic rings. The Morgan fingerprint density at radius 3 is 1.68 bits per heavy atom. The van der Waals surface area contributed by atoms with E-state index in [1.807, 2.05) is 17.4 Å². The third-order valence-electron chi connectivity index (χ3n) is 11.4. The highest BCUT2D eigenvalue weighted by molar-refractivity contribution is 7.25. The van der Waals surface area contributed by atoms with Gasteiger partial charge in [-0.2, -0.15) is 0 Å². The lowest BCUT2D eigenvalue weighted by atomic mass is 9.67. The van der Waals surface area contributed by atoms with Gasteiger partial charge in [0, 0.05) is 36.9 Å². The number of thiophene rings is 1. The fourth-order valence-corrected chi connectivity index (χ4v) is 10.1. The van der Waals surface area contributed by atoms with Crippen LogP contribution in [0.5, 0.6) is 0 Å². The highest BCUT2D eigenvalue weighted by Gasteiger charge is 2.46. The summed E-state index contributed by atoms with van der Waals surface area (Å²) in [5, 5.41) is 2.60. The van der Waals surface area contributed by atoms with Crippen molar-refractivity contribution in [2.24, 2.45) is 0 Å². The average molecular weight is 731 g/mol. The smallest absolute Gasteiger partial charge is 0.160 e. The summed E-state index contributed by atoms with van der Waals surface area (Å²) in [4.78, 5) is 10.6. The highest BCUT2D eigenvalue weighted by Crippen LogP contribution is 2.56. The Morgan fingerprint density at radius 1 is 0.339 bits per heavy atom. The molecule has 3 heteroatoms. The van der Waals surface area contributed by atoms with Crippen LogP contribution in [-0.4, -0.2) is 9.97 Å². The molecule has 0 spiro atoms. The molecular weight excluding hydrogens is 697 g/mol. The van der Waals surface area contributed by atoms with Crippen LogP contribution in [0.25, 0.3) is 76.3 Å². The van der Waals surface area contributed by atoms with Gasteiger partial charge in [-0.1, -0.05) is 182 Å². The van der Waals surface area contributed by atoms with Gasteiger partial charge >= 0.3 is 0 Å². The van der Waals surface area contributed by atoms with E-state index in [9.17, 15) is 0 Å². The number of hydrogen-bond acceptors (Lipinski definition) is 3. The van der Waals surface area contributed by atoms with E-state index in [-0.39, 0.29) is 0 Å². The van der Waals surface area contributed by atoms with Gasteiger partial charge in [-0.25, -0.2) is 9.97 Å². The Hall–Kier alpha value is -6.94. The Labute approximate surface area is 330 Å². The minimum Gasteiger partial charge on any atom is -0.228 e. The third-order valence-corrected chi connectivity index (χ3v) is 12.5. The first kappa shape index (κ1) is 32.5. The van der Waals surface area contributed by atoms with E-state index in [4.69, 9.17) is 9.97 Å². The molecule has 0 aliphatic heterocycles. The molecule has 0 N–H and O–H groups in total. The van der Waals surface area contributed by atoms with Gasteiger partial charge in [0.05, 0.1) is 16.8 Å². The van der Waals surface area contributed by atoms with Crippen LogP contribution in [0.2, 0.25) is 0 Å². The molecule has 11 rings (SSSR count). The van der Waals surface area contributed by atoms with Crippen LogP contribution < -0.4 is 0 Å².